The van der Waals surface area contributed by atoms with Gasteiger partial charge in [0.1, 0.15) is 11.3 Å². The van der Waals surface area contributed by atoms with Crippen LogP contribution in [0.3, 0.4) is 0 Å². The average molecular weight is 417 g/mol. The van der Waals surface area contributed by atoms with Crippen molar-refractivity contribution in [3.63, 3.8) is 0 Å². The van der Waals surface area contributed by atoms with E-state index < -0.39 is 17.8 Å². The minimum atomic E-state index is -4.46. The Morgan fingerprint density at radius 1 is 1.13 bits per heavy atom. The second-order valence-corrected chi connectivity index (χ2v) is 7.68. The predicted octanol–water partition coefficient (Wildman–Crippen LogP) is 3.74. The summed E-state index contributed by atoms with van der Waals surface area (Å²) in [7, 11) is 0. The first-order valence-corrected chi connectivity index (χ1v) is 9.86. The van der Waals surface area contributed by atoms with Gasteiger partial charge < -0.3 is 9.51 Å². The highest BCUT2D eigenvalue weighted by atomic mass is 19.4. The summed E-state index contributed by atoms with van der Waals surface area (Å²) in [6.45, 7) is 2.10. The van der Waals surface area contributed by atoms with Crippen LogP contribution in [0.5, 0.6) is 0 Å². The fraction of sp³-hybridized carbons (Fsp3) is 0.364. The number of alkyl halides is 3. The van der Waals surface area contributed by atoms with E-state index in [0.717, 1.165) is 31.8 Å². The molecule has 3 heterocycles. The Morgan fingerprint density at radius 3 is 2.67 bits per heavy atom. The van der Waals surface area contributed by atoms with E-state index in [1.807, 2.05) is 12.1 Å². The SMILES string of the molecule is O=C(CCC(O)CN1CCc2ccccc2C1)c1cn2cc(C(F)(F)F)ccc2n1. The fourth-order valence-corrected chi connectivity index (χ4v) is 3.82. The molecule has 0 bridgehead atoms. The van der Waals surface area contributed by atoms with Gasteiger partial charge in [0, 0.05) is 38.4 Å². The number of benzene rings is 1. The molecule has 1 aliphatic heterocycles. The molecule has 2 aromatic heterocycles. The second kappa shape index (κ2) is 8.20. The summed E-state index contributed by atoms with van der Waals surface area (Å²) in [6.07, 6.45) is -1.60. The topological polar surface area (TPSA) is 57.8 Å². The van der Waals surface area contributed by atoms with E-state index in [4.69, 9.17) is 0 Å². The zero-order valence-corrected chi connectivity index (χ0v) is 16.3. The van der Waals surface area contributed by atoms with Gasteiger partial charge in [0.2, 0.25) is 0 Å². The Morgan fingerprint density at radius 2 is 1.90 bits per heavy atom. The van der Waals surface area contributed by atoms with Crippen LogP contribution in [0, 0.1) is 0 Å². The number of fused-ring (bicyclic) bond motifs is 2. The van der Waals surface area contributed by atoms with Crippen molar-refractivity contribution in [3.05, 3.63) is 71.2 Å². The Bertz CT molecular complexity index is 1060. The third kappa shape index (κ3) is 4.55. The van der Waals surface area contributed by atoms with Crippen LogP contribution in [0.15, 0.2) is 48.8 Å². The van der Waals surface area contributed by atoms with Crippen LogP contribution >= 0.6 is 0 Å². The molecule has 1 atom stereocenters. The normalized spacial score (nSPS) is 15.9. The van der Waals surface area contributed by atoms with Gasteiger partial charge in [-0.2, -0.15) is 13.2 Å². The van der Waals surface area contributed by atoms with E-state index in [0.29, 0.717) is 6.54 Å². The summed E-state index contributed by atoms with van der Waals surface area (Å²) in [5, 5.41) is 10.4. The summed E-state index contributed by atoms with van der Waals surface area (Å²) in [6, 6.07) is 10.4. The lowest BCUT2D eigenvalue weighted by Crippen LogP contribution is -2.36. The second-order valence-electron chi connectivity index (χ2n) is 7.68. The third-order valence-corrected chi connectivity index (χ3v) is 5.45. The Hall–Kier alpha value is -2.71. The molecule has 158 valence electrons. The summed E-state index contributed by atoms with van der Waals surface area (Å²) < 4.78 is 39.7. The number of pyridine rings is 1. The molecule has 4 rings (SSSR count). The van der Waals surface area contributed by atoms with Gasteiger partial charge in [-0.05, 0) is 36.1 Å². The maximum absolute atomic E-state index is 12.8. The van der Waals surface area contributed by atoms with E-state index in [2.05, 4.69) is 22.0 Å². The Kier molecular flexibility index (Phi) is 5.62. The number of Topliss-reactive ketones (excluding diaryl/α,β-unsaturated/α-hetero) is 1. The van der Waals surface area contributed by atoms with Crippen LogP contribution in [0.1, 0.15) is 40.0 Å². The summed E-state index contributed by atoms with van der Waals surface area (Å²) >= 11 is 0. The molecule has 1 aromatic carbocycles. The number of aliphatic hydroxyl groups excluding tert-OH is 1. The molecule has 1 unspecified atom stereocenters. The summed E-state index contributed by atoms with van der Waals surface area (Å²) in [4.78, 5) is 18.7. The number of nitrogens with zero attached hydrogens (tertiary/aromatic N) is 3. The van der Waals surface area contributed by atoms with Gasteiger partial charge in [0.05, 0.1) is 11.7 Å². The van der Waals surface area contributed by atoms with E-state index >= 15 is 0 Å². The van der Waals surface area contributed by atoms with Gasteiger partial charge in [0.15, 0.2) is 5.78 Å². The predicted molar refractivity (Wildman–Crippen MR) is 105 cm³/mol. The van der Waals surface area contributed by atoms with Crippen molar-refractivity contribution in [2.24, 2.45) is 0 Å². The van der Waals surface area contributed by atoms with Gasteiger partial charge in [-0.25, -0.2) is 4.98 Å². The average Bonchev–Trinajstić information content (AvgIpc) is 3.15. The lowest BCUT2D eigenvalue weighted by Gasteiger charge is -2.30. The van der Waals surface area contributed by atoms with Gasteiger partial charge >= 0.3 is 6.18 Å². The van der Waals surface area contributed by atoms with Crippen molar-refractivity contribution in [3.8, 4) is 0 Å². The van der Waals surface area contributed by atoms with Gasteiger partial charge in [-0.15, -0.1) is 0 Å². The van der Waals surface area contributed by atoms with E-state index in [1.165, 1.54) is 27.8 Å². The third-order valence-electron chi connectivity index (χ3n) is 5.45. The summed E-state index contributed by atoms with van der Waals surface area (Å²) in [5.74, 6) is -0.296. The van der Waals surface area contributed by atoms with Crippen molar-refractivity contribution >= 4 is 11.4 Å². The van der Waals surface area contributed by atoms with Crippen molar-refractivity contribution in [2.45, 2.75) is 38.1 Å². The molecule has 0 fully saturated rings. The van der Waals surface area contributed by atoms with Crippen LogP contribution in [-0.2, 0) is 19.1 Å². The molecule has 5 nitrogen and oxygen atoms in total. The molecule has 1 aliphatic rings. The molecule has 30 heavy (non-hydrogen) atoms. The highest BCUT2D eigenvalue weighted by molar-refractivity contribution is 5.94. The first-order valence-electron chi connectivity index (χ1n) is 9.86. The molecule has 3 aromatic rings. The molecule has 8 heteroatoms. The standard InChI is InChI=1S/C22H22F3N3O2/c23-22(24,25)17-5-8-21-26-19(14-28(21)12-17)20(30)7-6-18(29)13-27-10-9-15-3-1-2-4-16(15)11-27/h1-5,8,12,14,18,29H,6-7,9-11,13H2. The van der Waals surface area contributed by atoms with Gasteiger partial charge in [0.25, 0.3) is 0 Å². The van der Waals surface area contributed by atoms with Gasteiger partial charge in [-0.1, -0.05) is 24.3 Å². The highest BCUT2D eigenvalue weighted by Gasteiger charge is 2.31. The lowest BCUT2D eigenvalue weighted by atomic mass is 9.99. The number of aromatic nitrogens is 2. The molecule has 0 saturated heterocycles. The largest absolute Gasteiger partial charge is 0.417 e. The Balaban J connectivity index is 1.33. The van der Waals surface area contributed by atoms with E-state index in [-0.39, 0.29) is 30.0 Å². The van der Waals surface area contributed by atoms with Crippen LogP contribution < -0.4 is 0 Å². The zero-order chi connectivity index (χ0) is 21.3. The van der Waals surface area contributed by atoms with Crippen LogP contribution in [0.25, 0.3) is 5.65 Å². The maximum atomic E-state index is 12.8. The molecule has 0 saturated carbocycles. The number of carbonyl (C=O) groups is 1. The lowest BCUT2D eigenvalue weighted by molar-refractivity contribution is -0.137. The minimum Gasteiger partial charge on any atom is -0.392 e. The van der Waals surface area contributed by atoms with Crippen molar-refractivity contribution < 1.29 is 23.1 Å². The quantitative estimate of drug-likeness (QED) is 0.621. The summed E-state index contributed by atoms with van der Waals surface area (Å²) in [5.41, 5.74) is 2.17. The highest BCUT2D eigenvalue weighted by Crippen LogP contribution is 2.29. The molecular formula is C22H22F3N3O2. The Labute approximate surface area is 171 Å². The number of halogens is 3. The van der Waals surface area contributed by atoms with E-state index in [1.54, 1.807) is 0 Å². The van der Waals surface area contributed by atoms with Crippen molar-refractivity contribution in [2.75, 3.05) is 13.1 Å². The molecule has 0 amide bonds. The first kappa shape index (κ1) is 20.6. The monoisotopic (exact) mass is 417 g/mol. The number of carbonyl (C=O) groups excluding carboxylic acids is 1. The first-order chi connectivity index (χ1) is 14.3. The van der Waals surface area contributed by atoms with Gasteiger partial charge in [-0.3, -0.25) is 9.69 Å². The zero-order valence-electron chi connectivity index (χ0n) is 16.3. The smallest absolute Gasteiger partial charge is 0.392 e. The molecule has 1 N–H and O–H groups in total. The number of imidazole rings is 1. The van der Waals surface area contributed by atoms with Crippen LogP contribution in [-0.4, -0.2) is 44.4 Å². The number of rotatable bonds is 6. The number of ketones is 1. The van der Waals surface area contributed by atoms with Crippen molar-refractivity contribution in [1.82, 2.24) is 14.3 Å². The molecule has 0 aliphatic carbocycles. The number of hydrogen-bond acceptors (Lipinski definition) is 4. The molecule has 0 spiro atoms. The molecular weight excluding hydrogens is 395 g/mol. The van der Waals surface area contributed by atoms with E-state index in [9.17, 15) is 23.1 Å². The van der Waals surface area contributed by atoms with Crippen LogP contribution in [0.2, 0.25) is 0 Å². The number of aliphatic hydroxyl groups is 1. The minimum absolute atomic E-state index is 0.0849. The number of hydrogen-bond donors (Lipinski definition) is 1. The van der Waals surface area contributed by atoms with Crippen molar-refractivity contribution in [1.29, 1.82) is 0 Å². The maximum Gasteiger partial charge on any atom is 0.417 e. The molecule has 0 radical (unpaired) electrons. The fourth-order valence-electron chi connectivity index (χ4n) is 3.82. The van der Waals surface area contributed by atoms with Crippen LogP contribution in [0.4, 0.5) is 13.2 Å². The number of β-amino-alcohol motifs (C(OH)–C–C–N with tert-alkyl or cyclic N) is 1.